The van der Waals surface area contributed by atoms with Crippen molar-refractivity contribution >= 4 is 17.8 Å². The molecular weight excluding hydrogens is 218 g/mol. The number of rotatable bonds is 1. The van der Waals surface area contributed by atoms with Crippen LogP contribution in [0.3, 0.4) is 0 Å². The molecule has 0 N–H and O–H groups in total. The Balaban J connectivity index is 2.18. The van der Waals surface area contributed by atoms with E-state index < -0.39 is 0 Å². The van der Waals surface area contributed by atoms with Crippen molar-refractivity contribution in [1.82, 2.24) is 0 Å². The fraction of sp³-hybridized carbons (Fsp3) is 0.0588. The third-order valence-electron chi connectivity index (χ3n) is 3.30. The van der Waals surface area contributed by atoms with Crippen molar-refractivity contribution in [2.45, 2.75) is 6.54 Å². The maximum absolute atomic E-state index is 3.93. The van der Waals surface area contributed by atoms with Crippen LogP contribution in [0.25, 0.3) is 12.2 Å². The predicted octanol–water partition coefficient (Wildman–Crippen LogP) is 4.32. The van der Waals surface area contributed by atoms with Crippen LogP contribution in [0.1, 0.15) is 16.7 Å². The van der Waals surface area contributed by atoms with Crippen molar-refractivity contribution in [3.05, 3.63) is 78.0 Å². The van der Waals surface area contributed by atoms with Gasteiger partial charge in [0.05, 0.1) is 0 Å². The van der Waals surface area contributed by atoms with Crippen LogP contribution >= 0.6 is 0 Å². The summed E-state index contributed by atoms with van der Waals surface area (Å²) in [6.45, 7) is 4.79. The highest BCUT2D eigenvalue weighted by Crippen LogP contribution is 2.28. The molecule has 0 saturated carbocycles. The second-order valence-electron chi connectivity index (χ2n) is 4.40. The standard InChI is InChI=1S/C17H15N/c1-2-18-13-16-9-4-3-7-14(16)11-12-15-8-5-6-10-17(15)18/h2-12H,1,13H2/b12-11-. The van der Waals surface area contributed by atoms with Gasteiger partial charge in [-0.15, -0.1) is 0 Å². The number of fused-ring (bicyclic) bond motifs is 2. The lowest BCUT2D eigenvalue weighted by molar-refractivity contribution is 0.964. The molecule has 2 aromatic rings. The summed E-state index contributed by atoms with van der Waals surface area (Å²) in [5, 5.41) is 0. The maximum Gasteiger partial charge on any atom is 0.0482 e. The first-order valence-corrected chi connectivity index (χ1v) is 6.13. The van der Waals surface area contributed by atoms with Crippen molar-refractivity contribution < 1.29 is 0 Å². The molecule has 0 fully saturated rings. The second-order valence-corrected chi connectivity index (χ2v) is 4.40. The van der Waals surface area contributed by atoms with Crippen LogP contribution in [0.2, 0.25) is 0 Å². The fourth-order valence-electron chi connectivity index (χ4n) is 2.34. The molecule has 0 saturated heterocycles. The van der Waals surface area contributed by atoms with Gasteiger partial charge in [-0.05, 0) is 29.0 Å². The lowest BCUT2D eigenvalue weighted by Gasteiger charge is -2.25. The van der Waals surface area contributed by atoms with Crippen molar-refractivity contribution in [3.8, 4) is 0 Å². The van der Waals surface area contributed by atoms with Crippen LogP contribution in [-0.4, -0.2) is 0 Å². The van der Waals surface area contributed by atoms with Crippen molar-refractivity contribution in [1.29, 1.82) is 0 Å². The molecule has 18 heavy (non-hydrogen) atoms. The molecule has 2 aromatic carbocycles. The lowest BCUT2D eigenvalue weighted by Crippen LogP contribution is -2.17. The van der Waals surface area contributed by atoms with Gasteiger partial charge in [0.15, 0.2) is 0 Å². The van der Waals surface area contributed by atoms with Gasteiger partial charge in [0.25, 0.3) is 0 Å². The summed E-state index contributed by atoms with van der Waals surface area (Å²) in [7, 11) is 0. The first kappa shape index (κ1) is 10.8. The van der Waals surface area contributed by atoms with E-state index in [4.69, 9.17) is 0 Å². The fourth-order valence-corrected chi connectivity index (χ4v) is 2.34. The smallest absolute Gasteiger partial charge is 0.0482 e. The van der Waals surface area contributed by atoms with Crippen molar-refractivity contribution in [2.24, 2.45) is 0 Å². The molecule has 1 aliphatic rings. The first-order chi connectivity index (χ1) is 8.88. The minimum Gasteiger partial charge on any atom is -0.344 e. The van der Waals surface area contributed by atoms with Crippen LogP contribution < -0.4 is 4.90 Å². The second kappa shape index (κ2) is 4.53. The number of hydrogen-bond acceptors (Lipinski definition) is 1. The van der Waals surface area contributed by atoms with Gasteiger partial charge in [-0.2, -0.15) is 0 Å². The van der Waals surface area contributed by atoms with E-state index >= 15 is 0 Å². The van der Waals surface area contributed by atoms with Gasteiger partial charge < -0.3 is 4.90 Å². The van der Waals surface area contributed by atoms with E-state index in [0.717, 1.165) is 6.54 Å². The summed E-state index contributed by atoms with van der Waals surface area (Å²) in [6, 6.07) is 16.9. The Labute approximate surface area is 108 Å². The molecule has 0 aliphatic carbocycles. The Morgan fingerprint density at radius 3 is 2.39 bits per heavy atom. The van der Waals surface area contributed by atoms with Crippen molar-refractivity contribution in [3.63, 3.8) is 0 Å². The summed E-state index contributed by atoms with van der Waals surface area (Å²) < 4.78 is 0. The molecular formula is C17H15N. The summed E-state index contributed by atoms with van der Waals surface area (Å²) in [4.78, 5) is 2.19. The summed E-state index contributed by atoms with van der Waals surface area (Å²) in [5.41, 5.74) is 5.03. The molecule has 88 valence electrons. The molecule has 0 bridgehead atoms. The van der Waals surface area contributed by atoms with Gasteiger partial charge in [-0.25, -0.2) is 0 Å². The molecule has 1 aliphatic heterocycles. The van der Waals surface area contributed by atoms with Gasteiger partial charge in [0.2, 0.25) is 0 Å². The highest BCUT2D eigenvalue weighted by atomic mass is 15.1. The monoisotopic (exact) mass is 233 g/mol. The quantitative estimate of drug-likeness (QED) is 0.709. The molecule has 0 aromatic heterocycles. The number of nitrogens with zero attached hydrogens (tertiary/aromatic N) is 1. The zero-order valence-corrected chi connectivity index (χ0v) is 10.2. The molecule has 0 atom stereocenters. The highest BCUT2D eigenvalue weighted by molar-refractivity contribution is 5.80. The molecule has 0 amide bonds. The summed E-state index contributed by atoms with van der Waals surface area (Å²) in [6.07, 6.45) is 6.26. The normalized spacial score (nSPS) is 15.0. The molecule has 0 spiro atoms. The minimum atomic E-state index is 0.862. The van der Waals surface area contributed by atoms with Crippen molar-refractivity contribution in [2.75, 3.05) is 4.90 Å². The van der Waals surface area contributed by atoms with Crippen LogP contribution in [0.5, 0.6) is 0 Å². The molecule has 0 unspecified atom stereocenters. The van der Waals surface area contributed by atoms with E-state index in [1.54, 1.807) is 0 Å². The van der Waals surface area contributed by atoms with Gasteiger partial charge in [-0.1, -0.05) is 61.2 Å². The van der Waals surface area contributed by atoms with E-state index in [2.05, 4.69) is 72.2 Å². The Kier molecular flexibility index (Phi) is 2.73. The zero-order chi connectivity index (χ0) is 12.4. The van der Waals surface area contributed by atoms with Crippen LogP contribution in [0, 0.1) is 0 Å². The third kappa shape index (κ3) is 1.84. The van der Waals surface area contributed by atoms with E-state index in [1.807, 2.05) is 6.20 Å². The van der Waals surface area contributed by atoms with E-state index in [1.165, 1.54) is 22.4 Å². The Morgan fingerprint density at radius 1 is 0.889 bits per heavy atom. The van der Waals surface area contributed by atoms with Gasteiger partial charge in [0, 0.05) is 12.2 Å². The number of para-hydroxylation sites is 1. The van der Waals surface area contributed by atoms with E-state index in [-0.39, 0.29) is 0 Å². The third-order valence-corrected chi connectivity index (χ3v) is 3.30. The zero-order valence-electron chi connectivity index (χ0n) is 10.2. The van der Waals surface area contributed by atoms with Crippen LogP contribution in [0.4, 0.5) is 5.69 Å². The number of hydrogen-bond donors (Lipinski definition) is 0. The Hall–Kier alpha value is -2.28. The molecule has 3 rings (SSSR count). The maximum atomic E-state index is 3.93. The molecule has 0 radical (unpaired) electrons. The van der Waals surface area contributed by atoms with Gasteiger partial charge >= 0.3 is 0 Å². The Morgan fingerprint density at radius 2 is 1.56 bits per heavy atom. The SMILES string of the molecule is C=CN1Cc2ccccc2/C=C\c2ccccc21. The molecule has 1 nitrogen and oxygen atoms in total. The predicted molar refractivity (Wildman–Crippen MR) is 78.2 cm³/mol. The average Bonchev–Trinajstić information content (AvgIpc) is 2.41. The van der Waals surface area contributed by atoms with E-state index in [9.17, 15) is 0 Å². The molecule has 1 heteroatoms. The molecule has 1 heterocycles. The Bertz CT molecular complexity index is 611. The minimum absolute atomic E-state index is 0.862. The lowest BCUT2D eigenvalue weighted by atomic mass is 10.0. The number of anilines is 1. The first-order valence-electron chi connectivity index (χ1n) is 6.13. The van der Waals surface area contributed by atoms with Gasteiger partial charge in [0.1, 0.15) is 0 Å². The highest BCUT2D eigenvalue weighted by Gasteiger charge is 2.11. The largest absolute Gasteiger partial charge is 0.344 e. The topological polar surface area (TPSA) is 3.24 Å². The van der Waals surface area contributed by atoms with E-state index in [0.29, 0.717) is 0 Å². The average molecular weight is 233 g/mol. The van der Waals surface area contributed by atoms with Gasteiger partial charge in [-0.3, -0.25) is 0 Å². The van der Waals surface area contributed by atoms with Crippen LogP contribution in [0.15, 0.2) is 61.3 Å². The summed E-state index contributed by atoms with van der Waals surface area (Å²) in [5.74, 6) is 0. The number of benzene rings is 2. The summed E-state index contributed by atoms with van der Waals surface area (Å²) >= 11 is 0. The van der Waals surface area contributed by atoms with Crippen LogP contribution in [-0.2, 0) is 6.54 Å².